The molecule has 0 aromatic heterocycles. The van der Waals surface area contributed by atoms with Crippen molar-refractivity contribution in [2.75, 3.05) is 27.2 Å². The fourth-order valence-electron chi connectivity index (χ4n) is 4.90. The maximum Gasteiger partial charge on any atom is 0.185 e. The molecule has 1 saturated carbocycles. The molecule has 12 heteroatoms. The average molecular weight is 464 g/mol. The second-order valence-electron chi connectivity index (χ2n) is 9.47. The zero-order chi connectivity index (χ0) is 23.6. The van der Waals surface area contributed by atoms with Gasteiger partial charge in [-0.2, -0.15) is 0 Å². The van der Waals surface area contributed by atoms with Crippen LogP contribution in [0.25, 0.3) is 0 Å². The number of likely N-dealkylation sites (N-methyl/N-ethyl adjacent to an activating group) is 2. The summed E-state index contributed by atoms with van der Waals surface area (Å²) in [5, 5.41) is 38.1. The Balaban J connectivity index is 1.67. The van der Waals surface area contributed by atoms with Crippen molar-refractivity contribution in [3.8, 4) is 0 Å². The molecule has 188 valence electrons. The molecule has 0 aromatic carbocycles. The van der Waals surface area contributed by atoms with E-state index in [1.807, 2.05) is 7.05 Å². The number of aliphatic hydroxyl groups is 3. The van der Waals surface area contributed by atoms with E-state index in [0.29, 0.717) is 13.0 Å². The fraction of sp³-hybridized carbons (Fsp3) is 1.00. The van der Waals surface area contributed by atoms with Crippen LogP contribution in [0.4, 0.5) is 0 Å². The quantitative estimate of drug-likeness (QED) is 0.184. The molecule has 2 aliphatic heterocycles. The van der Waals surface area contributed by atoms with Crippen molar-refractivity contribution in [2.24, 2.45) is 17.2 Å². The van der Waals surface area contributed by atoms with E-state index in [1.165, 1.54) is 0 Å². The highest BCUT2D eigenvalue weighted by atomic mass is 16.7. The largest absolute Gasteiger partial charge is 0.388 e. The average Bonchev–Trinajstić information content (AvgIpc) is 2.72. The molecule has 1 aliphatic carbocycles. The van der Waals surface area contributed by atoms with Crippen molar-refractivity contribution in [1.29, 1.82) is 0 Å². The minimum Gasteiger partial charge on any atom is -0.388 e. The molecule has 3 fully saturated rings. The number of nitrogens with two attached hydrogens (primary N) is 3. The van der Waals surface area contributed by atoms with E-state index in [-0.39, 0.29) is 18.8 Å². The fourth-order valence-corrected chi connectivity index (χ4v) is 4.90. The third-order valence-electron chi connectivity index (χ3n) is 6.72. The Morgan fingerprint density at radius 3 is 2.19 bits per heavy atom. The summed E-state index contributed by atoms with van der Waals surface area (Å²) in [4.78, 5) is 0. The molecule has 0 spiro atoms. The second kappa shape index (κ2) is 10.8. The Bertz CT molecular complexity index is 603. The monoisotopic (exact) mass is 463 g/mol. The Kier molecular flexibility index (Phi) is 8.86. The highest BCUT2D eigenvalue weighted by Crippen LogP contribution is 2.31. The van der Waals surface area contributed by atoms with Gasteiger partial charge in [0.15, 0.2) is 12.6 Å². The molecule has 0 aromatic rings. The van der Waals surface area contributed by atoms with E-state index in [4.69, 9.17) is 36.1 Å². The van der Waals surface area contributed by atoms with Crippen molar-refractivity contribution in [2.45, 2.75) is 99.1 Å². The summed E-state index contributed by atoms with van der Waals surface area (Å²) < 4.78 is 23.5. The van der Waals surface area contributed by atoms with Crippen molar-refractivity contribution in [1.82, 2.24) is 10.6 Å². The number of rotatable bonds is 7. The number of nitrogens with one attached hydrogen (secondary N) is 2. The lowest BCUT2D eigenvalue weighted by Gasteiger charge is -2.48. The molecule has 0 radical (unpaired) electrons. The highest BCUT2D eigenvalue weighted by molar-refractivity contribution is 5.01. The summed E-state index contributed by atoms with van der Waals surface area (Å²) in [7, 11) is 3.47. The number of hydrogen-bond acceptors (Lipinski definition) is 12. The van der Waals surface area contributed by atoms with Crippen LogP contribution >= 0.6 is 0 Å². The number of aliphatic hydroxyl groups excluding tert-OH is 2. The second-order valence-corrected chi connectivity index (χ2v) is 9.47. The van der Waals surface area contributed by atoms with Gasteiger partial charge in [0.25, 0.3) is 0 Å². The number of ether oxygens (including phenoxy) is 4. The van der Waals surface area contributed by atoms with Gasteiger partial charge in [0.1, 0.15) is 30.0 Å². The lowest BCUT2D eigenvalue weighted by atomic mass is 9.84. The molecule has 32 heavy (non-hydrogen) atoms. The van der Waals surface area contributed by atoms with Crippen molar-refractivity contribution < 1.29 is 34.3 Å². The maximum absolute atomic E-state index is 11.1. The summed E-state index contributed by atoms with van der Waals surface area (Å²) in [6.07, 6.45) is -4.12. The van der Waals surface area contributed by atoms with E-state index in [9.17, 15) is 15.3 Å². The minimum absolute atomic E-state index is 0.0480. The van der Waals surface area contributed by atoms with Gasteiger partial charge in [0.05, 0.1) is 24.8 Å². The summed E-state index contributed by atoms with van der Waals surface area (Å²) in [5.74, 6) is 0. The van der Waals surface area contributed by atoms with Gasteiger partial charge in [0, 0.05) is 18.6 Å². The smallest absolute Gasteiger partial charge is 0.185 e. The molecule has 12 nitrogen and oxygen atoms in total. The van der Waals surface area contributed by atoms with Crippen LogP contribution in [0.5, 0.6) is 0 Å². The SMILES string of the molecule is CNC[C@@H]1CC[C@@H](N)[C@@H](O[C@H]2[C@H](O)[C@@H](O[C@H]3OC[C@](C)(O)[C@H](NC)[C@H]3O)[C@H](N)C[C@H]2N)O1. The van der Waals surface area contributed by atoms with E-state index >= 15 is 0 Å². The van der Waals surface area contributed by atoms with Crippen molar-refractivity contribution in [3.05, 3.63) is 0 Å². The standard InChI is InChI=1S/C20H41N5O7/c1-20(28)8-29-19(14(27)17(20)25-3)32-16-12(23)6-11(22)15(13(16)26)31-18-10(21)5-4-9(30-18)7-24-2/h9-19,24-28H,4-8,21-23H2,1-3H3/t9-,10+,11+,12+,13-,14+,15+,16-,17+,18+,19+,20-/m0/s1. The third kappa shape index (κ3) is 5.59. The summed E-state index contributed by atoms with van der Waals surface area (Å²) >= 11 is 0. The van der Waals surface area contributed by atoms with Crippen molar-refractivity contribution in [3.63, 3.8) is 0 Å². The lowest BCUT2D eigenvalue weighted by molar-refractivity contribution is -0.306. The van der Waals surface area contributed by atoms with Crippen LogP contribution in [0.15, 0.2) is 0 Å². The normalized spacial score (nSPS) is 50.3. The van der Waals surface area contributed by atoms with Gasteiger partial charge in [-0.25, -0.2) is 0 Å². The summed E-state index contributed by atoms with van der Waals surface area (Å²) in [6, 6.07) is -2.20. The molecule has 0 amide bonds. The van der Waals surface area contributed by atoms with Crippen LogP contribution in [0, 0.1) is 0 Å². The molecule has 2 heterocycles. The van der Waals surface area contributed by atoms with Gasteiger partial charge < -0.3 is 62.1 Å². The van der Waals surface area contributed by atoms with E-state index in [2.05, 4.69) is 10.6 Å². The van der Waals surface area contributed by atoms with Gasteiger partial charge in [-0.1, -0.05) is 0 Å². The first kappa shape index (κ1) is 26.1. The molecule has 11 N–H and O–H groups in total. The molecular weight excluding hydrogens is 422 g/mol. The van der Waals surface area contributed by atoms with Crippen LogP contribution in [0.1, 0.15) is 26.2 Å². The molecule has 0 unspecified atom stereocenters. The zero-order valence-corrected chi connectivity index (χ0v) is 19.1. The Morgan fingerprint density at radius 2 is 1.59 bits per heavy atom. The summed E-state index contributed by atoms with van der Waals surface area (Å²) in [5.41, 5.74) is 17.4. The first-order valence-electron chi connectivity index (χ1n) is 11.3. The highest BCUT2D eigenvalue weighted by Gasteiger charge is 2.50. The minimum atomic E-state index is -1.28. The molecule has 12 atom stereocenters. The Hall–Kier alpha value is -0.480. The first-order valence-corrected chi connectivity index (χ1v) is 11.3. The molecule has 3 rings (SSSR count). The lowest BCUT2D eigenvalue weighted by Crippen LogP contribution is -2.68. The molecule has 2 saturated heterocycles. The topological polar surface area (TPSA) is 200 Å². The molecule has 0 bridgehead atoms. The third-order valence-corrected chi connectivity index (χ3v) is 6.72. The van der Waals surface area contributed by atoms with Gasteiger partial charge in [-0.15, -0.1) is 0 Å². The van der Waals surface area contributed by atoms with Gasteiger partial charge in [-0.05, 0) is 40.3 Å². The van der Waals surface area contributed by atoms with Crippen LogP contribution in [0.2, 0.25) is 0 Å². The zero-order valence-electron chi connectivity index (χ0n) is 19.1. The van der Waals surface area contributed by atoms with Gasteiger partial charge in [0.2, 0.25) is 0 Å². The first-order chi connectivity index (χ1) is 15.1. The van der Waals surface area contributed by atoms with Gasteiger partial charge >= 0.3 is 0 Å². The van der Waals surface area contributed by atoms with Crippen LogP contribution in [-0.4, -0.2) is 115 Å². The van der Waals surface area contributed by atoms with E-state index < -0.39 is 60.7 Å². The van der Waals surface area contributed by atoms with Crippen LogP contribution < -0.4 is 27.8 Å². The van der Waals surface area contributed by atoms with E-state index in [0.717, 1.165) is 12.8 Å². The van der Waals surface area contributed by atoms with E-state index in [1.54, 1.807) is 14.0 Å². The van der Waals surface area contributed by atoms with Gasteiger partial charge in [-0.3, -0.25) is 0 Å². The summed E-state index contributed by atoms with van der Waals surface area (Å²) in [6.45, 7) is 2.16. The predicted molar refractivity (Wildman–Crippen MR) is 115 cm³/mol. The number of hydrogen-bond donors (Lipinski definition) is 8. The Labute approximate surface area is 189 Å². The molecular formula is C20H41N5O7. The Morgan fingerprint density at radius 1 is 0.969 bits per heavy atom. The molecule has 3 aliphatic rings. The predicted octanol–water partition coefficient (Wildman–Crippen LogP) is -3.72. The maximum atomic E-state index is 11.1. The van der Waals surface area contributed by atoms with Crippen LogP contribution in [-0.2, 0) is 18.9 Å². The van der Waals surface area contributed by atoms with Crippen molar-refractivity contribution >= 4 is 0 Å². The van der Waals surface area contributed by atoms with Crippen LogP contribution in [0.3, 0.4) is 0 Å².